The molecule has 3 nitrogen and oxygen atoms in total. The Morgan fingerprint density at radius 1 is 1.42 bits per heavy atom. The third-order valence-corrected chi connectivity index (χ3v) is 4.06. The number of hydrogen-bond acceptors (Lipinski definition) is 2. The van der Waals surface area contributed by atoms with Crippen molar-refractivity contribution >= 4 is 27.9 Å². The molecule has 2 unspecified atom stereocenters. The van der Waals surface area contributed by atoms with Crippen molar-refractivity contribution in [3.05, 3.63) is 40.4 Å². The van der Waals surface area contributed by atoms with E-state index >= 15 is 0 Å². The van der Waals surface area contributed by atoms with Crippen molar-refractivity contribution in [2.45, 2.75) is 19.4 Å². The van der Waals surface area contributed by atoms with E-state index in [4.69, 9.17) is 0 Å². The number of carbonyl (C=O) groups excluding carboxylic acids is 1. The van der Waals surface area contributed by atoms with Crippen LogP contribution in [0, 0.1) is 5.92 Å². The number of amides is 1. The first kappa shape index (κ1) is 14.3. The van der Waals surface area contributed by atoms with Crippen LogP contribution in [0.1, 0.15) is 18.9 Å². The van der Waals surface area contributed by atoms with Crippen LogP contribution >= 0.6 is 15.9 Å². The maximum atomic E-state index is 12.0. The van der Waals surface area contributed by atoms with Gasteiger partial charge in [-0.05, 0) is 30.2 Å². The van der Waals surface area contributed by atoms with Gasteiger partial charge in [0.25, 0.3) is 0 Å². The Balaban J connectivity index is 1.96. The molecule has 1 N–H and O–H groups in total. The molecule has 102 valence electrons. The molecule has 1 aromatic carbocycles. The van der Waals surface area contributed by atoms with Crippen LogP contribution < -0.4 is 0 Å². The highest BCUT2D eigenvalue weighted by Gasteiger charge is 2.31. The van der Waals surface area contributed by atoms with Gasteiger partial charge in [0.2, 0.25) is 5.91 Å². The third-order valence-electron chi connectivity index (χ3n) is 3.53. The predicted octanol–water partition coefficient (Wildman–Crippen LogP) is 2.69. The van der Waals surface area contributed by atoms with Gasteiger partial charge in [0, 0.05) is 29.6 Å². The van der Waals surface area contributed by atoms with Crippen molar-refractivity contribution in [1.29, 1.82) is 0 Å². The summed E-state index contributed by atoms with van der Waals surface area (Å²) in [5.74, 6) is 0.183. The fourth-order valence-corrected chi connectivity index (χ4v) is 2.55. The number of hydrogen-bond donors (Lipinski definition) is 1. The molecule has 1 aliphatic heterocycles. The van der Waals surface area contributed by atoms with Crippen LogP contribution in [0.2, 0.25) is 0 Å². The number of β-amino-alcohol motifs (C(OH)–C–C–N with tert-alkyl or cyclic N) is 1. The largest absolute Gasteiger partial charge is 0.391 e. The van der Waals surface area contributed by atoms with Crippen molar-refractivity contribution in [3.8, 4) is 0 Å². The van der Waals surface area contributed by atoms with Gasteiger partial charge in [-0.25, -0.2) is 0 Å². The quantitative estimate of drug-likeness (QED) is 0.869. The van der Waals surface area contributed by atoms with Gasteiger partial charge in [0.15, 0.2) is 0 Å². The van der Waals surface area contributed by atoms with Gasteiger partial charge in [-0.3, -0.25) is 4.79 Å². The van der Waals surface area contributed by atoms with Gasteiger partial charge in [-0.1, -0.05) is 35.0 Å². The summed E-state index contributed by atoms with van der Waals surface area (Å²) < 4.78 is 1.02. The normalized spacial score (nSPS) is 23.2. The van der Waals surface area contributed by atoms with Crippen molar-refractivity contribution in [3.63, 3.8) is 0 Å². The van der Waals surface area contributed by atoms with Gasteiger partial charge in [0.05, 0.1) is 6.10 Å². The minimum Gasteiger partial charge on any atom is -0.391 e. The highest BCUT2D eigenvalue weighted by Crippen LogP contribution is 2.20. The van der Waals surface area contributed by atoms with Crippen molar-refractivity contribution in [1.82, 2.24) is 4.90 Å². The Labute approximate surface area is 122 Å². The number of nitrogens with zero attached hydrogens (tertiary/aromatic N) is 1. The number of rotatable bonds is 3. The molecule has 0 bridgehead atoms. The summed E-state index contributed by atoms with van der Waals surface area (Å²) in [5.41, 5.74) is 0.989. The lowest BCUT2D eigenvalue weighted by Gasteiger charge is -2.12. The molecular formula is C15H18BrNO2. The van der Waals surface area contributed by atoms with E-state index < -0.39 is 0 Å². The summed E-state index contributed by atoms with van der Waals surface area (Å²) >= 11 is 3.37. The zero-order chi connectivity index (χ0) is 13.8. The molecular weight excluding hydrogens is 306 g/mol. The fourth-order valence-electron chi connectivity index (χ4n) is 2.28. The van der Waals surface area contributed by atoms with E-state index in [0.717, 1.165) is 16.5 Å². The van der Waals surface area contributed by atoms with E-state index in [9.17, 15) is 9.90 Å². The molecule has 1 aliphatic rings. The van der Waals surface area contributed by atoms with Crippen LogP contribution in [0.25, 0.3) is 6.08 Å². The molecule has 1 amide bonds. The van der Waals surface area contributed by atoms with Crippen LogP contribution in [0.4, 0.5) is 0 Å². The standard InChI is InChI=1S/C15H18BrNO2/c1-2-12-9-17(10-14(12)18)15(19)8-5-11-3-6-13(16)7-4-11/h3-8,12,14,18H,2,9-10H2,1H3/b8-5+. The van der Waals surface area contributed by atoms with Gasteiger partial charge in [-0.15, -0.1) is 0 Å². The first-order valence-corrected chi connectivity index (χ1v) is 7.30. The summed E-state index contributed by atoms with van der Waals surface area (Å²) in [5, 5.41) is 9.80. The lowest BCUT2D eigenvalue weighted by atomic mass is 10.0. The average Bonchev–Trinajstić information content (AvgIpc) is 2.79. The molecule has 1 aromatic rings. The molecule has 1 heterocycles. The van der Waals surface area contributed by atoms with Gasteiger partial charge < -0.3 is 10.0 Å². The van der Waals surface area contributed by atoms with Crippen molar-refractivity contribution < 1.29 is 9.90 Å². The predicted molar refractivity (Wildman–Crippen MR) is 79.5 cm³/mol. The van der Waals surface area contributed by atoms with Crippen molar-refractivity contribution in [2.75, 3.05) is 13.1 Å². The minimum atomic E-state index is -0.380. The molecule has 1 fully saturated rings. The van der Waals surface area contributed by atoms with E-state index in [-0.39, 0.29) is 17.9 Å². The second kappa shape index (κ2) is 6.35. The molecule has 0 radical (unpaired) electrons. The van der Waals surface area contributed by atoms with Crippen LogP contribution in [-0.4, -0.2) is 35.1 Å². The smallest absolute Gasteiger partial charge is 0.246 e. The molecule has 19 heavy (non-hydrogen) atoms. The zero-order valence-electron chi connectivity index (χ0n) is 10.9. The molecule has 0 spiro atoms. The highest BCUT2D eigenvalue weighted by atomic mass is 79.9. The summed E-state index contributed by atoms with van der Waals surface area (Å²) in [6.45, 7) is 3.14. The Hall–Kier alpha value is -1.13. The van der Waals surface area contributed by atoms with E-state index in [2.05, 4.69) is 15.9 Å². The molecule has 2 atom stereocenters. The lowest BCUT2D eigenvalue weighted by molar-refractivity contribution is -0.125. The van der Waals surface area contributed by atoms with Gasteiger partial charge >= 0.3 is 0 Å². The molecule has 0 aromatic heterocycles. The minimum absolute atomic E-state index is 0.0297. The van der Waals surface area contributed by atoms with E-state index in [1.807, 2.05) is 31.2 Å². The first-order chi connectivity index (χ1) is 9.10. The van der Waals surface area contributed by atoms with Gasteiger partial charge in [-0.2, -0.15) is 0 Å². The maximum absolute atomic E-state index is 12.0. The monoisotopic (exact) mass is 323 g/mol. The summed E-state index contributed by atoms with van der Waals surface area (Å²) in [6, 6.07) is 7.77. The second-order valence-corrected chi connectivity index (χ2v) is 5.78. The fraction of sp³-hybridized carbons (Fsp3) is 0.400. The van der Waals surface area contributed by atoms with Crippen LogP contribution in [0.15, 0.2) is 34.8 Å². The number of halogens is 1. The van der Waals surface area contributed by atoms with Crippen molar-refractivity contribution in [2.24, 2.45) is 5.92 Å². The van der Waals surface area contributed by atoms with Crippen LogP contribution in [0.5, 0.6) is 0 Å². The Kier molecular flexibility index (Phi) is 4.77. The SMILES string of the molecule is CCC1CN(C(=O)/C=C/c2ccc(Br)cc2)CC1O. The maximum Gasteiger partial charge on any atom is 0.246 e. The Morgan fingerprint density at radius 3 is 2.68 bits per heavy atom. The number of aliphatic hydroxyl groups excluding tert-OH is 1. The van der Waals surface area contributed by atoms with E-state index in [1.54, 1.807) is 17.1 Å². The summed E-state index contributed by atoms with van der Waals surface area (Å²) in [7, 11) is 0. The molecule has 0 saturated carbocycles. The average molecular weight is 324 g/mol. The number of likely N-dealkylation sites (tertiary alicyclic amines) is 1. The third kappa shape index (κ3) is 3.67. The molecule has 0 aliphatic carbocycles. The summed E-state index contributed by atoms with van der Waals surface area (Å²) in [4.78, 5) is 13.7. The van der Waals surface area contributed by atoms with E-state index in [0.29, 0.717) is 13.1 Å². The molecule has 4 heteroatoms. The molecule has 2 rings (SSSR count). The van der Waals surface area contributed by atoms with Gasteiger partial charge in [0.1, 0.15) is 0 Å². The second-order valence-electron chi connectivity index (χ2n) is 4.86. The lowest BCUT2D eigenvalue weighted by Crippen LogP contribution is -2.27. The number of aliphatic hydroxyl groups is 1. The number of benzene rings is 1. The van der Waals surface area contributed by atoms with Crippen LogP contribution in [0.3, 0.4) is 0 Å². The first-order valence-electron chi connectivity index (χ1n) is 6.50. The topological polar surface area (TPSA) is 40.5 Å². The highest BCUT2D eigenvalue weighted by molar-refractivity contribution is 9.10. The zero-order valence-corrected chi connectivity index (χ0v) is 12.5. The Morgan fingerprint density at radius 2 is 2.11 bits per heavy atom. The summed E-state index contributed by atoms with van der Waals surface area (Å²) in [6.07, 6.45) is 3.91. The Bertz CT molecular complexity index is 470. The number of carbonyl (C=O) groups is 1. The van der Waals surface area contributed by atoms with Crippen LogP contribution in [-0.2, 0) is 4.79 Å². The molecule has 1 saturated heterocycles. The van der Waals surface area contributed by atoms with E-state index in [1.165, 1.54) is 0 Å².